The molecule has 0 spiro atoms. The van der Waals surface area contributed by atoms with Crippen LogP contribution in [-0.2, 0) is 6.11 Å². The summed E-state index contributed by atoms with van der Waals surface area (Å²) in [5, 5.41) is 0. The maximum absolute atomic E-state index is 14.7. The molecule has 4 rings (SSSR count). The lowest BCUT2D eigenvalue weighted by Gasteiger charge is -2.38. The van der Waals surface area contributed by atoms with Crippen LogP contribution in [0.5, 0.6) is 11.5 Å². The smallest absolute Gasteiger partial charge is 0.426 e. The standard InChI is InChI=1S/C28H34F4O2/c1-2-19-3-5-20(6-4-19)21-7-9-22(10-8-21)23-11-13-24(14-12-23)28(31,32)34-26-17-15-25(16-18-26)33-27(29)30/h11-22,27H,2-10H2,1H3/t19-,20-,21?,22?. The summed E-state index contributed by atoms with van der Waals surface area (Å²) in [5.74, 6) is 2.81. The van der Waals surface area contributed by atoms with Gasteiger partial charge in [0.1, 0.15) is 11.5 Å². The fourth-order valence-electron chi connectivity index (χ4n) is 5.84. The molecule has 2 aliphatic carbocycles. The lowest BCUT2D eigenvalue weighted by Crippen LogP contribution is -2.25. The number of hydrogen-bond donors (Lipinski definition) is 0. The SMILES string of the molecule is CC[C@H]1CC[C@H](C2CCC(c3ccc(C(F)(F)Oc4ccc(OC(F)F)cc4)cc3)CC2)CC1. The van der Waals surface area contributed by atoms with Gasteiger partial charge in [0, 0.05) is 0 Å². The number of ether oxygens (including phenoxy) is 2. The van der Waals surface area contributed by atoms with Gasteiger partial charge < -0.3 is 9.47 Å². The Morgan fingerprint density at radius 1 is 0.765 bits per heavy atom. The third kappa shape index (κ3) is 6.25. The summed E-state index contributed by atoms with van der Waals surface area (Å²) in [5.41, 5.74) is 0.881. The number of halogens is 4. The first-order valence-corrected chi connectivity index (χ1v) is 12.6. The van der Waals surface area contributed by atoms with E-state index >= 15 is 0 Å². The fourth-order valence-corrected chi connectivity index (χ4v) is 5.84. The minimum absolute atomic E-state index is 0.113. The van der Waals surface area contributed by atoms with Crippen LogP contribution in [0.1, 0.15) is 81.8 Å². The third-order valence-electron chi connectivity index (χ3n) is 7.92. The van der Waals surface area contributed by atoms with Crippen molar-refractivity contribution in [2.75, 3.05) is 0 Å². The lowest BCUT2D eigenvalue weighted by atomic mass is 9.68. The van der Waals surface area contributed by atoms with E-state index in [4.69, 9.17) is 4.74 Å². The molecule has 2 saturated carbocycles. The van der Waals surface area contributed by atoms with Crippen LogP contribution in [0.25, 0.3) is 0 Å². The van der Waals surface area contributed by atoms with Gasteiger partial charge in [-0.25, -0.2) is 0 Å². The average Bonchev–Trinajstić information content (AvgIpc) is 2.85. The zero-order valence-electron chi connectivity index (χ0n) is 19.7. The van der Waals surface area contributed by atoms with Crippen LogP contribution >= 0.6 is 0 Å². The minimum Gasteiger partial charge on any atom is -0.435 e. The van der Waals surface area contributed by atoms with Crippen LogP contribution in [0.4, 0.5) is 17.6 Å². The Hall–Kier alpha value is -2.24. The monoisotopic (exact) mass is 478 g/mol. The highest BCUT2D eigenvalue weighted by atomic mass is 19.3. The van der Waals surface area contributed by atoms with E-state index in [1.807, 2.05) is 0 Å². The number of alkyl halides is 4. The van der Waals surface area contributed by atoms with Crippen molar-refractivity contribution in [1.82, 2.24) is 0 Å². The molecule has 2 aromatic carbocycles. The van der Waals surface area contributed by atoms with Crippen LogP contribution < -0.4 is 9.47 Å². The Balaban J connectivity index is 1.30. The highest BCUT2D eigenvalue weighted by Crippen LogP contribution is 2.44. The Morgan fingerprint density at radius 3 is 1.82 bits per heavy atom. The first kappa shape index (κ1) is 24.9. The molecule has 34 heavy (non-hydrogen) atoms. The molecule has 0 radical (unpaired) electrons. The second-order valence-corrected chi connectivity index (χ2v) is 9.89. The normalized spacial score (nSPS) is 25.8. The molecule has 0 bridgehead atoms. The maximum atomic E-state index is 14.7. The van der Waals surface area contributed by atoms with Crippen molar-refractivity contribution >= 4 is 0 Å². The van der Waals surface area contributed by atoms with E-state index < -0.39 is 12.7 Å². The van der Waals surface area contributed by atoms with Gasteiger partial charge in [0.05, 0.1) is 5.56 Å². The molecule has 0 atom stereocenters. The van der Waals surface area contributed by atoms with Crippen molar-refractivity contribution in [3.8, 4) is 11.5 Å². The summed E-state index contributed by atoms with van der Waals surface area (Å²) in [6.45, 7) is -0.669. The number of hydrogen-bond acceptors (Lipinski definition) is 2. The second-order valence-electron chi connectivity index (χ2n) is 9.89. The van der Waals surface area contributed by atoms with Crippen LogP contribution in [0.15, 0.2) is 48.5 Å². The number of benzene rings is 2. The van der Waals surface area contributed by atoms with Crippen molar-refractivity contribution in [1.29, 1.82) is 0 Å². The van der Waals surface area contributed by atoms with Crippen molar-refractivity contribution in [2.24, 2.45) is 17.8 Å². The lowest BCUT2D eigenvalue weighted by molar-refractivity contribution is -0.185. The molecule has 186 valence electrons. The van der Waals surface area contributed by atoms with E-state index in [-0.39, 0.29) is 17.1 Å². The van der Waals surface area contributed by atoms with E-state index in [9.17, 15) is 17.6 Å². The summed E-state index contributed by atoms with van der Waals surface area (Å²) in [7, 11) is 0. The van der Waals surface area contributed by atoms with Gasteiger partial charge in [0.25, 0.3) is 0 Å². The van der Waals surface area contributed by atoms with Crippen molar-refractivity contribution in [3.05, 3.63) is 59.7 Å². The number of rotatable bonds is 8. The Labute approximate surface area is 199 Å². The molecule has 2 aromatic rings. The summed E-state index contributed by atoms with van der Waals surface area (Å²) in [6, 6.07) is 11.2. The highest BCUT2D eigenvalue weighted by molar-refractivity contribution is 5.33. The largest absolute Gasteiger partial charge is 0.435 e. The highest BCUT2D eigenvalue weighted by Gasteiger charge is 2.35. The van der Waals surface area contributed by atoms with Gasteiger partial charge in [0.15, 0.2) is 0 Å². The van der Waals surface area contributed by atoms with E-state index in [1.54, 1.807) is 12.1 Å². The molecule has 2 nitrogen and oxygen atoms in total. The summed E-state index contributed by atoms with van der Waals surface area (Å²) in [6.07, 6.45) is 8.00. The van der Waals surface area contributed by atoms with E-state index in [0.717, 1.165) is 36.2 Å². The Morgan fingerprint density at radius 2 is 1.29 bits per heavy atom. The van der Waals surface area contributed by atoms with Crippen LogP contribution in [0.2, 0.25) is 0 Å². The summed E-state index contributed by atoms with van der Waals surface area (Å²) < 4.78 is 62.9. The third-order valence-corrected chi connectivity index (χ3v) is 7.92. The van der Waals surface area contributed by atoms with Gasteiger partial charge in [0.2, 0.25) is 0 Å². The summed E-state index contributed by atoms with van der Waals surface area (Å²) in [4.78, 5) is 0. The van der Waals surface area contributed by atoms with Gasteiger partial charge in [-0.2, -0.15) is 17.6 Å². The first-order chi connectivity index (χ1) is 16.3. The maximum Gasteiger partial charge on any atom is 0.426 e. The van der Waals surface area contributed by atoms with Crippen molar-refractivity contribution in [3.63, 3.8) is 0 Å². The van der Waals surface area contributed by atoms with Gasteiger partial charge in [-0.15, -0.1) is 0 Å². The van der Waals surface area contributed by atoms with Crippen LogP contribution in [-0.4, -0.2) is 6.61 Å². The summed E-state index contributed by atoms with van der Waals surface area (Å²) >= 11 is 0. The predicted molar refractivity (Wildman–Crippen MR) is 124 cm³/mol. The molecule has 0 aromatic heterocycles. The van der Waals surface area contributed by atoms with Gasteiger partial charge in [-0.05, 0) is 104 Å². The Bertz CT molecular complexity index is 882. The molecule has 0 heterocycles. The predicted octanol–water partition coefficient (Wildman–Crippen LogP) is 8.91. The molecule has 0 amide bonds. The zero-order valence-corrected chi connectivity index (χ0v) is 19.7. The van der Waals surface area contributed by atoms with Crippen molar-refractivity contribution < 1.29 is 27.0 Å². The molecule has 6 heteroatoms. The Kier molecular flexibility index (Phi) is 8.05. The molecular formula is C28H34F4O2. The van der Waals surface area contributed by atoms with Gasteiger partial charge in [-0.3, -0.25) is 0 Å². The molecule has 2 aliphatic rings. The quantitative estimate of drug-likeness (QED) is 0.353. The molecule has 2 fully saturated rings. The minimum atomic E-state index is -3.53. The van der Waals surface area contributed by atoms with E-state index in [2.05, 4.69) is 11.7 Å². The fraction of sp³-hybridized carbons (Fsp3) is 0.571. The zero-order chi connectivity index (χ0) is 24.1. The molecule has 0 N–H and O–H groups in total. The first-order valence-electron chi connectivity index (χ1n) is 12.6. The van der Waals surface area contributed by atoms with E-state index in [1.165, 1.54) is 81.3 Å². The van der Waals surface area contributed by atoms with E-state index in [0.29, 0.717) is 5.92 Å². The average molecular weight is 479 g/mol. The molecule has 0 saturated heterocycles. The van der Waals surface area contributed by atoms with Gasteiger partial charge in [-0.1, -0.05) is 38.3 Å². The van der Waals surface area contributed by atoms with Gasteiger partial charge >= 0.3 is 12.7 Å². The van der Waals surface area contributed by atoms with Crippen LogP contribution in [0.3, 0.4) is 0 Å². The van der Waals surface area contributed by atoms with Crippen LogP contribution in [0, 0.1) is 17.8 Å². The molecule has 0 unspecified atom stereocenters. The topological polar surface area (TPSA) is 18.5 Å². The molecule has 0 aliphatic heterocycles. The second kappa shape index (κ2) is 11.0. The molecular weight excluding hydrogens is 444 g/mol. The van der Waals surface area contributed by atoms with Crippen molar-refractivity contribution in [2.45, 2.75) is 83.3 Å².